The van der Waals surface area contributed by atoms with Crippen molar-refractivity contribution in [3.63, 3.8) is 0 Å². The van der Waals surface area contributed by atoms with Gasteiger partial charge in [0.25, 0.3) is 0 Å². The average molecular weight is 263 g/mol. The van der Waals surface area contributed by atoms with E-state index in [9.17, 15) is 0 Å². The Labute approximate surface area is 94.8 Å². The number of hydrogen-bond donors (Lipinski definition) is 0. The first-order valence-corrected chi connectivity index (χ1v) is 5.79. The van der Waals surface area contributed by atoms with Crippen LogP contribution < -0.4 is 0 Å². The van der Waals surface area contributed by atoms with Crippen molar-refractivity contribution in [1.29, 1.82) is 0 Å². The molecule has 0 aliphatic carbocycles. The quantitative estimate of drug-likeness (QED) is 0.692. The van der Waals surface area contributed by atoms with Crippen LogP contribution in [-0.2, 0) is 4.74 Å². The minimum atomic E-state index is 0.619. The summed E-state index contributed by atoms with van der Waals surface area (Å²) in [4.78, 5) is 4.80. The molecule has 0 atom stereocenters. The van der Waals surface area contributed by atoms with Crippen LogP contribution in [0.2, 0.25) is 0 Å². The lowest BCUT2D eigenvalue weighted by molar-refractivity contribution is 0.0941. The Morgan fingerprint density at radius 2 is 2.00 bits per heavy atom. The monoisotopic (exact) mass is 262 g/mol. The highest BCUT2D eigenvalue weighted by atomic mass is 79.9. The smallest absolute Gasteiger partial charge is 0.0776 e. The molecular weight excluding hydrogens is 244 g/mol. The first kappa shape index (κ1) is 12.2. The minimum Gasteiger partial charge on any atom is -0.375 e. The average Bonchev–Trinajstić information content (AvgIpc) is 2.15. The van der Waals surface area contributed by atoms with Crippen molar-refractivity contribution in [3.05, 3.63) is 11.1 Å². The molecule has 1 fully saturated rings. The fourth-order valence-corrected chi connectivity index (χ4v) is 1.61. The standard InChI is InChI=1S/C10H19BrN2O/c1-10(11)9-14-8-7-13-5-3-12(2)4-6-13/h1,3-9H2,2H3. The van der Waals surface area contributed by atoms with Gasteiger partial charge < -0.3 is 9.64 Å². The summed E-state index contributed by atoms with van der Waals surface area (Å²) in [5.41, 5.74) is 0. The zero-order chi connectivity index (χ0) is 10.4. The molecule has 0 unspecified atom stereocenters. The van der Waals surface area contributed by atoms with Crippen LogP contribution in [0.25, 0.3) is 0 Å². The molecule has 4 heteroatoms. The molecule has 14 heavy (non-hydrogen) atoms. The highest BCUT2D eigenvalue weighted by molar-refractivity contribution is 9.11. The second kappa shape index (κ2) is 6.56. The molecule has 0 saturated carbocycles. The lowest BCUT2D eigenvalue weighted by atomic mass is 10.3. The molecule has 0 bridgehead atoms. The van der Waals surface area contributed by atoms with E-state index >= 15 is 0 Å². The van der Waals surface area contributed by atoms with Gasteiger partial charge in [-0.05, 0) is 7.05 Å². The maximum absolute atomic E-state index is 5.42. The van der Waals surface area contributed by atoms with Crippen LogP contribution in [-0.4, -0.2) is 62.8 Å². The van der Waals surface area contributed by atoms with Gasteiger partial charge in [-0.15, -0.1) is 0 Å². The number of likely N-dealkylation sites (N-methyl/N-ethyl adjacent to an activating group) is 1. The van der Waals surface area contributed by atoms with Gasteiger partial charge in [-0.25, -0.2) is 0 Å². The molecule has 1 saturated heterocycles. The Bertz CT molecular complexity index is 179. The Hall–Kier alpha value is 0.1000. The van der Waals surface area contributed by atoms with Crippen molar-refractivity contribution < 1.29 is 4.74 Å². The van der Waals surface area contributed by atoms with Crippen LogP contribution in [0, 0.1) is 0 Å². The Morgan fingerprint density at radius 3 is 2.57 bits per heavy atom. The SMILES string of the molecule is C=C(Br)COCCN1CCN(C)CC1. The summed E-state index contributed by atoms with van der Waals surface area (Å²) in [6, 6.07) is 0. The van der Waals surface area contributed by atoms with Crippen molar-refractivity contribution >= 4 is 15.9 Å². The maximum Gasteiger partial charge on any atom is 0.0776 e. The van der Waals surface area contributed by atoms with Crippen LogP contribution in [0.4, 0.5) is 0 Å². The topological polar surface area (TPSA) is 15.7 Å². The van der Waals surface area contributed by atoms with E-state index in [1.165, 1.54) is 13.1 Å². The molecule has 0 amide bonds. The van der Waals surface area contributed by atoms with Crippen molar-refractivity contribution in [2.75, 3.05) is 53.0 Å². The van der Waals surface area contributed by atoms with Gasteiger partial charge in [0.2, 0.25) is 0 Å². The second-order valence-corrected chi connectivity index (χ2v) is 4.84. The van der Waals surface area contributed by atoms with Crippen LogP contribution in [0.3, 0.4) is 0 Å². The van der Waals surface area contributed by atoms with Gasteiger partial charge in [-0.2, -0.15) is 0 Å². The van der Waals surface area contributed by atoms with Gasteiger partial charge in [0.05, 0.1) is 13.2 Å². The summed E-state index contributed by atoms with van der Waals surface area (Å²) < 4.78 is 6.34. The number of ether oxygens (including phenoxy) is 1. The molecule has 0 radical (unpaired) electrons. The van der Waals surface area contributed by atoms with Crippen LogP contribution in [0.1, 0.15) is 0 Å². The molecule has 3 nitrogen and oxygen atoms in total. The van der Waals surface area contributed by atoms with Crippen molar-refractivity contribution in [1.82, 2.24) is 9.80 Å². The first-order chi connectivity index (χ1) is 6.68. The Morgan fingerprint density at radius 1 is 1.36 bits per heavy atom. The number of piperazine rings is 1. The van der Waals surface area contributed by atoms with E-state index in [0.717, 1.165) is 30.7 Å². The Balaban J connectivity index is 1.99. The maximum atomic E-state index is 5.42. The molecule has 82 valence electrons. The van der Waals surface area contributed by atoms with E-state index < -0.39 is 0 Å². The van der Waals surface area contributed by atoms with Crippen molar-refractivity contribution in [3.8, 4) is 0 Å². The first-order valence-electron chi connectivity index (χ1n) is 5.00. The van der Waals surface area contributed by atoms with Crippen LogP contribution >= 0.6 is 15.9 Å². The fraction of sp³-hybridized carbons (Fsp3) is 0.800. The third kappa shape index (κ3) is 5.10. The number of halogens is 1. The van der Waals surface area contributed by atoms with Gasteiger partial charge in [0.15, 0.2) is 0 Å². The predicted molar refractivity (Wildman–Crippen MR) is 62.8 cm³/mol. The molecular formula is C10H19BrN2O. The van der Waals surface area contributed by atoms with Crippen LogP contribution in [0.15, 0.2) is 11.1 Å². The second-order valence-electron chi connectivity index (χ2n) is 3.71. The third-order valence-electron chi connectivity index (χ3n) is 2.41. The molecule has 0 spiro atoms. The zero-order valence-corrected chi connectivity index (χ0v) is 10.4. The fourth-order valence-electron chi connectivity index (χ4n) is 1.45. The number of nitrogens with zero attached hydrogens (tertiary/aromatic N) is 2. The summed E-state index contributed by atoms with van der Waals surface area (Å²) in [6.07, 6.45) is 0. The Kier molecular flexibility index (Phi) is 5.70. The summed E-state index contributed by atoms with van der Waals surface area (Å²) in [6.45, 7) is 10.8. The lowest BCUT2D eigenvalue weighted by Gasteiger charge is -2.32. The summed E-state index contributed by atoms with van der Waals surface area (Å²) in [5, 5.41) is 0. The summed E-state index contributed by atoms with van der Waals surface area (Å²) in [5.74, 6) is 0. The van der Waals surface area contributed by atoms with Crippen molar-refractivity contribution in [2.45, 2.75) is 0 Å². The predicted octanol–water partition coefficient (Wildman–Crippen LogP) is 1.16. The lowest BCUT2D eigenvalue weighted by Crippen LogP contribution is -2.45. The van der Waals surface area contributed by atoms with Gasteiger partial charge in [0.1, 0.15) is 0 Å². The molecule has 1 aliphatic heterocycles. The van der Waals surface area contributed by atoms with E-state index in [1.807, 2.05) is 0 Å². The van der Waals surface area contributed by atoms with Gasteiger partial charge in [-0.1, -0.05) is 22.5 Å². The van der Waals surface area contributed by atoms with E-state index in [-0.39, 0.29) is 0 Å². The van der Waals surface area contributed by atoms with Crippen LogP contribution in [0.5, 0.6) is 0 Å². The van der Waals surface area contributed by atoms with Gasteiger partial charge >= 0.3 is 0 Å². The minimum absolute atomic E-state index is 0.619. The van der Waals surface area contributed by atoms with E-state index in [1.54, 1.807) is 0 Å². The molecule has 0 N–H and O–H groups in total. The molecule has 0 aromatic carbocycles. The van der Waals surface area contributed by atoms with E-state index in [2.05, 4.69) is 39.4 Å². The molecule has 1 aliphatic rings. The largest absolute Gasteiger partial charge is 0.375 e. The highest BCUT2D eigenvalue weighted by Gasteiger charge is 2.12. The van der Waals surface area contributed by atoms with Gasteiger partial charge in [-0.3, -0.25) is 4.90 Å². The molecule has 1 heterocycles. The molecule has 1 rings (SSSR count). The molecule has 0 aromatic rings. The van der Waals surface area contributed by atoms with Gasteiger partial charge in [0, 0.05) is 37.2 Å². The summed E-state index contributed by atoms with van der Waals surface area (Å²) >= 11 is 3.27. The third-order valence-corrected chi connectivity index (χ3v) is 2.64. The summed E-state index contributed by atoms with van der Waals surface area (Å²) in [7, 11) is 2.17. The van der Waals surface area contributed by atoms with Crippen molar-refractivity contribution in [2.24, 2.45) is 0 Å². The normalized spacial score (nSPS) is 19.9. The highest BCUT2D eigenvalue weighted by Crippen LogP contribution is 2.01. The molecule has 0 aromatic heterocycles. The number of rotatable bonds is 5. The number of hydrogen-bond acceptors (Lipinski definition) is 3. The van der Waals surface area contributed by atoms with E-state index in [0.29, 0.717) is 6.61 Å². The zero-order valence-electron chi connectivity index (χ0n) is 8.84. The van der Waals surface area contributed by atoms with E-state index in [4.69, 9.17) is 4.74 Å².